The number of esters is 6. The van der Waals surface area contributed by atoms with Crippen molar-refractivity contribution in [3.63, 3.8) is 0 Å². The molecule has 5 aromatic carbocycles. The molecule has 2 bridgehead atoms. The Kier molecular flexibility index (Phi) is 16.1. The molecule has 1 spiro atoms. The van der Waals surface area contributed by atoms with Gasteiger partial charge >= 0.3 is 35.8 Å². The molecule has 2 amide bonds. The summed E-state index contributed by atoms with van der Waals surface area (Å²) in [5, 5.41) is 52.0. The zero-order valence-corrected chi connectivity index (χ0v) is 51.8. The van der Waals surface area contributed by atoms with E-state index in [1.165, 1.54) is 101 Å². The van der Waals surface area contributed by atoms with Gasteiger partial charge in [-0.1, -0.05) is 56.3 Å². The van der Waals surface area contributed by atoms with Crippen LogP contribution in [0.5, 0.6) is 23.0 Å². The highest BCUT2D eigenvalue weighted by molar-refractivity contribution is 6.03. The van der Waals surface area contributed by atoms with E-state index >= 15 is 13.6 Å². The van der Waals surface area contributed by atoms with E-state index < -0.39 is 178 Å². The molecule has 25 heteroatoms. The fourth-order valence-corrected chi connectivity index (χ4v) is 14.7. The Hall–Kier alpha value is -10.3. The largest absolute Gasteiger partial charge is 0.505 e. The van der Waals surface area contributed by atoms with Crippen LogP contribution in [-0.4, -0.2) is 140 Å². The summed E-state index contributed by atoms with van der Waals surface area (Å²) in [7, 11) is 0. The van der Waals surface area contributed by atoms with Crippen LogP contribution in [-0.2, 0) is 62.7 Å². The van der Waals surface area contributed by atoms with Gasteiger partial charge in [0.05, 0.1) is 46.2 Å². The van der Waals surface area contributed by atoms with Crippen LogP contribution in [0.25, 0.3) is 0 Å². The van der Waals surface area contributed by atoms with Crippen LogP contribution in [0.15, 0.2) is 144 Å². The average Bonchev–Trinajstić information content (AvgIpc) is 0.950. The van der Waals surface area contributed by atoms with Crippen molar-refractivity contribution >= 4 is 53.4 Å². The van der Waals surface area contributed by atoms with Gasteiger partial charge in [-0.05, 0) is 104 Å². The first-order valence-electron chi connectivity index (χ1n) is 30.2. The molecule has 6 N–H and O–H groups in total. The monoisotopic (exact) mass is 1300 g/mol. The zero-order valence-electron chi connectivity index (χ0n) is 51.8. The number of aromatic hydroxyl groups is 2. The fraction of sp³-hybridized carbons (Fsp3) is 0.343. The van der Waals surface area contributed by atoms with E-state index in [-0.39, 0.29) is 67.2 Å². The Bertz CT molecular complexity index is 4230. The third-order valence-electron chi connectivity index (χ3n) is 19.4. The number of Topliss-reactive ketones (excluding diaryl/α,β-unsaturated/α-hetero) is 1. The lowest BCUT2D eigenvalue weighted by Crippen LogP contribution is -2.82. The van der Waals surface area contributed by atoms with Gasteiger partial charge < -0.3 is 69.0 Å². The number of nitrogens with one attached hydrogen (secondary N) is 2. The minimum Gasteiger partial charge on any atom is -0.505 e. The van der Waals surface area contributed by atoms with Gasteiger partial charge in [0.15, 0.2) is 52.3 Å². The SMILES string of the molecule is CC(=O)O[C@H]1C(=O)[C@]2(C)[C@@H](OC(=O)[C@H](C)NC(=O)c3ccc4c(c3)C(=O)OC43c4cc(F)c(O)cc4Oc4cc(O)c(F)cc43)C[C@H]3OC[C@@]3(OC(C)=O)[C@H]2[C@H](OC(=O)c2ccccc2)[C@]2(O)C[C@H](OC(=O)[C@H](O)[C@@H](NC(=O)c3ccccc3)C3=CC=C=C3)C(C)=C1C2(C)C. The van der Waals surface area contributed by atoms with Crippen LogP contribution in [0.1, 0.15) is 119 Å². The molecule has 2 saturated carbocycles. The van der Waals surface area contributed by atoms with Gasteiger partial charge in [-0.2, -0.15) is 0 Å². The summed E-state index contributed by atoms with van der Waals surface area (Å²) in [4.78, 5) is 130. The van der Waals surface area contributed by atoms with Crippen molar-refractivity contribution in [1.82, 2.24) is 10.6 Å². The number of phenols is 2. The van der Waals surface area contributed by atoms with Gasteiger partial charge in [-0.3, -0.25) is 24.0 Å². The molecular formula is C70H62F2N2O21. The maximum atomic E-state index is 16.6. The number of ether oxygens (including phenoxy) is 8. The Morgan fingerprint density at radius 3 is 1.94 bits per heavy atom. The lowest BCUT2D eigenvalue weighted by atomic mass is 9.44. The molecule has 3 aliphatic heterocycles. The van der Waals surface area contributed by atoms with Gasteiger partial charge in [-0.15, -0.1) is 5.73 Å². The van der Waals surface area contributed by atoms with E-state index in [0.717, 1.165) is 44.2 Å². The normalized spacial score (nSPS) is 26.8. The lowest BCUT2D eigenvalue weighted by Gasteiger charge is -2.67. The van der Waals surface area contributed by atoms with Crippen molar-refractivity contribution in [2.24, 2.45) is 16.7 Å². The molecule has 5 aromatic rings. The number of allylic oxidation sites excluding steroid dienone is 1. The van der Waals surface area contributed by atoms with Crippen LogP contribution in [0.3, 0.4) is 0 Å². The molecule has 23 nitrogen and oxygen atoms in total. The highest BCUT2D eigenvalue weighted by Gasteiger charge is 2.79. The summed E-state index contributed by atoms with van der Waals surface area (Å²) < 4.78 is 79.7. The summed E-state index contributed by atoms with van der Waals surface area (Å²) in [6.07, 6.45) is -7.91. The predicted molar refractivity (Wildman–Crippen MR) is 322 cm³/mol. The molecule has 12 rings (SSSR count). The molecule has 0 radical (unpaired) electrons. The van der Waals surface area contributed by atoms with Crippen molar-refractivity contribution in [1.29, 1.82) is 0 Å². The highest BCUT2D eigenvalue weighted by atomic mass is 19.1. The van der Waals surface area contributed by atoms with Gasteiger partial charge in [0.1, 0.15) is 47.6 Å². The molecule has 3 fully saturated rings. The summed E-state index contributed by atoms with van der Waals surface area (Å²) in [6.45, 7) is 8.44. The Morgan fingerprint density at radius 1 is 0.737 bits per heavy atom. The number of carbonyl (C=O) groups excluding carboxylic acids is 9. The number of carbonyl (C=O) groups is 9. The minimum atomic E-state index is -2.65. The van der Waals surface area contributed by atoms with Gasteiger partial charge in [0.25, 0.3) is 11.8 Å². The summed E-state index contributed by atoms with van der Waals surface area (Å²) >= 11 is 0. The van der Waals surface area contributed by atoms with E-state index in [0.29, 0.717) is 0 Å². The molecule has 0 unspecified atom stereocenters. The third kappa shape index (κ3) is 10.4. The Morgan fingerprint density at radius 2 is 1.36 bits per heavy atom. The first-order chi connectivity index (χ1) is 45.0. The fourth-order valence-electron chi connectivity index (χ4n) is 14.7. The molecule has 1 saturated heterocycles. The Balaban J connectivity index is 0.917. The number of hydrogen-bond acceptors (Lipinski definition) is 21. The average molecular weight is 1310 g/mol. The van der Waals surface area contributed by atoms with Crippen molar-refractivity contribution in [2.45, 2.75) is 127 Å². The lowest BCUT2D eigenvalue weighted by molar-refractivity contribution is -0.346. The van der Waals surface area contributed by atoms with E-state index in [1.54, 1.807) is 24.3 Å². The summed E-state index contributed by atoms with van der Waals surface area (Å²) in [5.74, 6) is -15.8. The van der Waals surface area contributed by atoms with Crippen LogP contribution >= 0.6 is 0 Å². The Labute approximate surface area is 539 Å². The number of benzene rings is 5. The van der Waals surface area contributed by atoms with Gasteiger partial charge in [0, 0.05) is 60.9 Å². The van der Waals surface area contributed by atoms with E-state index in [2.05, 4.69) is 16.4 Å². The van der Waals surface area contributed by atoms with Crippen molar-refractivity contribution in [3.05, 3.63) is 194 Å². The molecule has 95 heavy (non-hydrogen) atoms. The minimum absolute atomic E-state index is 0.0162. The molecule has 0 aromatic heterocycles. The number of ketones is 1. The van der Waals surface area contributed by atoms with E-state index in [9.17, 15) is 58.8 Å². The highest BCUT2D eigenvalue weighted by Crippen LogP contribution is 2.65. The third-order valence-corrected chi connectivity index (χ3v) is 19.4. The maximum Gasteiger partial charge on any atom is 0.340 e. The smallest absolute Gasteiger partial charge is 0.340 e. The number of hydrogen-bond donors (Lipinski definition) is 6. The second kappa shape index (κ2) is 23.6. The molecule has 3 heterocycles. The predicted octanol–water partition coefficient (Wildman–Crippen LogP) is 6.64. The van der Waals surface area contributed by atoms with E-state index in [4.69, 9.17) is 37.9 Å². The van der Waals surface area contributed by atoms with Gasteiger partial charge in [-0.25, -0.2) is 28.0 Å². The molecular weight excluding hydrogens is 1240 g/mol. The van der Waals surface area contributed by atoms with Crippen LogP contribution in [0, 0.1) is 28.4 Å². The summed E-state index contributed by atoms with van der Waals surface area (Å²) in [6, 6.07) is 19.3. The van der Waals surface area contributed by atoms with Crippen LogP contribution < -0.4 is 15.4 Å². The number of fused-ring (bicyclic) bond motifs is 11. The standard InChI is InChI=1S/C70H62F2N2O21/c1-32-50(91-65(86)55(79)54(36-16-14-15-17-36)74-60(81)37-18-10-8-11-19-37)30-69(87)59(93-63(84)38-20-12-9-13-21-38)57-67(7,58(80)56(89-34(3)75)53(32)66(69,5)6)51(29-52-68(57,31-88-52)94-35(4)76)92-62(83)33(2)73-61(82)39-22-23-41-40(24-39)64(85)95-70(41)42-25-44(71)46(77)27-48(42)90-49-28-47(78)45(72)26-43(49)70/h8-14,16-28,33,50-52,54-57,59,77-79,87H,29-31H2,1-7H3,(H,73,82)(H,74,81)/t33-,50-,51-,52+,54-,55+,56+,57-,59-,67+,68-,69+/m0/s1. The second-order valence-electron chi connectivity index (χ2n) is 25.2. The number of aliphatic hydroxyl groups excluding tert-OH is 1. The van der Waals surface area contributed by atoms with Crippen LogP contribution in [0.4, 0.5) is 8.78 Å². The van der Waals surface area contributed by atoms with Crippen molar-refractivity contribution in [2.75, 3.05) is 6.61 Å². The molecule has 492 valence electrons. The number of aliphatic hydroxyl groups is 2. The first kappa shape index (κ1) is 64.8. The topological polar surface area (TPSA) is 332 Å². The van der Waals surface area contributed by atoms with Gasteiger partial charge in [0.2, 0.25) is 0 Å². The van der Waals surface area contributed by atoms with E-state index in [1.807, 2.05) is 0 Å². The quantitative estimate of drug-likeness (QED) is 0.0293. The summed E-state index contributed by atoms with van der Waals surface area (Å²) in [5.41, 5.74) is -9.10. The van der Waals surface area contributed by atoms with Crippen molar-refractivity contribution < 1.29 is 110 Å². The number of rotatable bonds is 14. The molecule has 12 atom stereocenters. The maximum absolute atomic E-state index is 16.6. The van der Waals surface area contributed by atoms with Crippen LogP contribution in [0.2, 0.25) is 0 Å². The molecule has 4 aliphatic carbocycles. The number of phenolic OH excluding ortho intramolecular Hbond substituents is 2. The first-order valence-corrected chi connectivity index (χ1v) is 30.2. The second-order valence-corrected chi connectivity index (χ2v) is 25.2. The van der Waals surface area contributed by atoms with Crippen molar-refractivity contribution in [3.8, 4) is 23.0 Å². The number of amides is 2. The number of halogens is 2. The zero-order chi connectivity index (χ0) is 68.2. The molecule has 7 aliphatic rings.